The molecule has 0 spiro atoms. The molecule has 0 aromatic heterocycles. The highest BCUT2D eigenvalue weighted by atomic mass is 16.1. The first kappa shape index (κ1) is 16.5. The minimum atomic E-state index is 0.0623. The molecule has 1 aromatic rings. The number of nitrogens with one attached hydrogen (secondary N) is 2. The molecule has 0 saturated carbocycles. The minimum Gasteiger partial charge on any atom is -0.326 e. The van der Waals surface area contributed by atoms with Gasteiger partial charge in [0.1, 0.15) is 0 Å². The standard InChI is InChI=1S/C19H29N3O/c1-3-19(23)21-16-8-6-15(7-9-16)14(2)20-17-10-12-22-11-4-5-18(22)13-17/h6-9,14,17-18,20H,3-5,10-13H2,1-2H3,(H,21,23)/t14-,17-,18-/m0/s1. The zero-order chi connectivity index (χ0) is 16.2. The highest BCUT2D eigenvalue weighted by Gasteiger charge is 2.31. The number of amides is 1. The van der Waals surface area contributed by atoms with E-state index in [1.165, 1.54) is 44.3 Å². The second-order valence-corrected chi connectivity index (χ2v) is 6.97. The summed E-state index contributed by atoms with van der Waals surface area (Å²) in [6, 6.07) is 10.0. The molecule has 2 heterocycles. The lowest BCUT2D eigenvalue weighted by atomic mass is 9.96. The third-order valence-electron chi connectivity index (χ3n) is 5.32. The Morgan fingerprint density at radius 1 is 1.26 bits per heavy atom. The van der Waals surface area contributed by atoms with Crippen LogP contribution in [0, 0.1) is 0 Å². The quantitative estimate of drug-likeness (QED) is 0.876. The number of piperidine rings is 1. The lowest BCUT2D eigenvalue weighted by Crippen LogP contribution is -2.46. The summed E-state index contributed by atoms with van der Waals surface area (Å²) in [4.78, 5) is 14.1. The fraction of sp³-hybridized carbons (Fsp3) is 0.632. The van der Waals surface area contributed by atoms with Crippen molar-refractivity contribution in [3.05, 3.63) is 29.8 Å². The van der Waals surface area contributed by atoms with E-state index in [9.17, 15) is 4.79 Å². The van der Waals surface area contributed by atoms with Crippen molar-refractivity contribution in [3.63, 3.8) is 0 Å². The van der Waals surface area contributed by atoms with Crippen molar-refractivity contribution in [2.45, 2.75) is 64.1 Å². The van der Waals surface area contributed by atoms with E-state index in [4.69, 9.17) is 0 Å². The number of rotatable bonds is 5. The van der Waals surface area contributed by atoms with Crippen molar-refractivity contribution in [3.8, 4) is 0 Å². The van der Waals surface area contributed by atoms with E-state index in [-0.39, 0.29) is 5.91 Å². The predicted molar refractivity (Wildman–Crippen MR) is 94.5 cm³/mol. The summed E-state index contributed by atoms with van der Waals surface area (Å²) in [5.41, 5.74) is 2.17. The molecule has 126 valence electrons. The van der Waals surface area contributed by atoms with Crippen molar-refractivity contribution in [2.24, 2.45) is 0 Å². The van der Waals surface area contributed by atoms with Gasteiger partial charge in [0, 0.05) is 30.2 Å². The van der Waals surface area contributed by atoms with Crippen molar-refractivity contribution >= 4 is 11.6 Å². The molecule has 0 unspecified atom stereocenters. The maximum Gasteiger partial charge on any atom is 0.224 e. The van der Waals surface area contributed by atoms with Gasteiger partial charge in [-0.2, -0.15) is 0 Å². The topological polar surface area (TPSA) is 44.4 Å². The van der Waals surface area contributed by atoms with Crippen LogP contribution in [0.5, 0.6) is 0 Å². The summed E-state index contributed by atoms with van der Waals surface area (Å²) in [7, 11) is 0. The van der Waals surface area contributed by atoms with Crippen LogP contribution in [-0.4, -0.2) is 36.0 Å². The van der Waals surface area contributed by atoms with Gasteiger partial charge in [-0.15, -0.1) is 0 Å². The van der Waals surface area contributed by atoms with Gasteiger partial charge in [-0.1, -0.05) is 19.1 Å². The molecule has 1 amide bonds. The number of anilines is 1. The monoisotopic (exact) mass is 315 g/mol. The summed E-state index contributed by atoms with van der Waals surface area (Å²) >= 11 is 0. The molecule has 2 N–H and O–H groups in total. The molecule has 2 aliphatic heterocycles. The Morgan fingerprint density at radius 2 is 2.04 bits per heavy atom. The Balaban J connectivity index is 1.53. The lowest BCUT2D eigenvalue weighted by molar-refractivity contribution is -0.115. The largest absolute Gasteiger partial charge is 0.326 e. The fourth-order valence-corrected chi connectivity index (χ4v) is 3.93. The number of nitrogens with zero attached hydrogens (tertiary/aromatic N) is 1. The highest BCUT2D eigenvalue weighted by Crippen LogP contribution is 2.28. The van der Waals surface area contributed by atoms with Gasteiger partial charge < -0.3 is 15.5 Å². The maximum absolute atomic E-state index is 11.4. The van der Waals surface area contributed by atoms with Crippen LogP contribution in [0.4, 0.5) is 5.69 Å². The minimum absolute atomic E-state index is 0.0623. The van der Waals surface area contributed by atoms with Crippen molar-refractivity contribution in [1.82, 2.24) is 10.2 Å². The summed E-state index contributed by atoms with van der Waals surface area (Å²) in [5.74, 6) is 0.0623. The SMILES string of the molecule is CCC(=O)Nc1ccc([C@H](C)N[C@H]2CCN3CCC[C@H]3C2)cc1. The van der Waals surface area contributed by atoms with Gasteiger partial charge in [-0.3, -0.25) is 4.79 Å². The van der Waals surface area contributed by atoms with Gasteiger partial charge >= 0.3 is 0 Å². The number of carbonyl (C=O) groups excluding carboxylic acids is 1. The van der Waals surface area contributed by atoms with Gasteiger partial charge in [0.05, 0.1) is 0 Å². The normalized spacial score (nSPS) is 25.8. The molecule has 0 radical (unpaired) electrons. The maximum atomic E-state index is 11.4. The van der Waals surface area contributed by atoms with Crippen LogP contribution in [0.2, 0.25) is 0 Å². The van der Waals surface area contributed by atoms with E-state index in [1.807, 2.05) is 19.1 Å². The molecular formula is C19H29N3O. The van der Waals surface area contributed by atoms with E-state index in [2.05, 4.69) is 34.6 Å². The van der Waals surface area contributed by atoms with Crippen LogP contribution in [-0.2, 0) is 4.79 Å². The van der Waals surface area contributed by atoms with Crippen LogP contribution in [0.1, 0.15) is 57.6 Å². The molecule has 4 heteroatoms. The van der Waals surface area contributed by atoms with Crippen molar-refractivity contribution in [2.75, 3.05) is 18.4 Å². The lowest BCUT2D eigenvalue weighted by Gasteiger charge is -2.36. The first-order valence-corrected chi connectivity index (χ1v) is 9.05. The fourth-order valence-electron chi connectivity index (χ4n) is 3.93. The zero-order valence-corrected chi connectivity index (χ0v) is 14.3. The smallest absolute Gasteiger partial charge is 0.224 e. The Hall–Kier alpha value is -1.39. The van der Waals surface area contributed by atoms with Crippen molar-refractivity contribution < 1.29 is 4.79 Å². The van der Waals surface area contributed by atoms with E-state index in [0.29, 0.717) is 18.5 Å². The summed E-state index contributed by atoms with van der Waals surface area (Å²) in [6.07, 6.45) is 5.80. The average molecular weight is 315 g/mol. The third kappa shape index (κ3) is 4.12. The van der Waals surface area contributed by atoms with Gasteiger partial charge in [0.15, 0.2) is 0 Å². The molecule has 1 aromatic carbocycles. The molecule has 0 aliphatic carbocycles. The molecule has 0 bridgehead atoms. The summed E-state index contributed by atoms with van der Waals surface area (Å²) < 4.78 is 0. The van der Waals surface area contributed by atoms with Crippen molar-refractivity contribution in [1.29, 1.82) is 0 Å². The number of hydrogen-bond acceptors (Lipinski definition) is 3. The first-order chi connectivity index (χ1) is 11.2. The predicted octanol–water partition coefficient (Wildman–Crippen LogP) is 3.31. The molecule has 23 heavy (non-hydrogen) atoms. The molecule has 2 saturated heterocycles. The van der Waals surface area contributed by atoms with Gasteiger partial charge in [0.2, 0.25) is 5.91 Å². The van der Waals surface area contributed by atoms with Crippen LogP contribution in [0.15, 0.2) is 24.3 Å². The van der Waals surface area contributed by atoms with Crippen LogP contribution >= 0.6 is 0 Å². The summed E-state index contributed by atoms with van der Waals surface area (Å²) in [5, 5.41) is 6.70. The van der Waals surface area contributed by atoms with E-state index in [1.54, 1.807) is 0 Å². The second kappa shape index (κ2) is 7.45. The van der Waals surface area contributed by atoms with Crippen LogP contribution in [0.25, 0.3) is 0 Å². The first-order valence-electron chi connectivity index (χ1n) is 9.05. The number of carbonyl (C=O) groups is 1. The molecular weight excluding hydrogens is 286 g/mol. The number of fused-ring (bicyclic) bond motifs is 1. The second-order valence-electron chi connectivity index (χ2n) is 6.97. The molecule has 2 aliphatic rings. The molecule has 3 rings (SSSR count). The third-order valence-corrected chi connectivity index (χ3v) is 5.32. The number of benzene rings is 1. The van der Waals surface area contributed by atoms with E-state index >= 15 is 0 Å². The number of hydrogen-bond donors (Lipinski definition) is 2. The Kier molecular flexibility index (Phi) is 5.34. The molecule has 2 fully saturated rings. The Labute approximate surface area is 139 Å². The van der Waals surface area contributed by atoms with Gasteiger partial charge in [-0.25, -0.2) is 0 Å². The Bertz CT molecular complexity index is 528. The average Bonchev–Trinajstić information content (AvgIpc) is 3.03. The van der Waals surface area contributed by atoms with E-state index in [0.717, 1.165) is 11.7 Å². The molecule has 4 nitrogen and oxygen atoms in total. The van der Waals surface area contributed by atoms with Crippen LogP contribution < -0.4 is 10.6 Å². The Morgan fingerprint density at radius 3 is 2.78 bits per heavy atom. The van der Waals surface area contributed by atoms with Gasteiger partial charge in [0.25, 0.3) is 0 Å². The zero-order valence-electron chi connectivity index (χ0n) is 14.3. The summed E-state index contributed by atoms with van der Waals surface area (Å²) in [6.45, 7) is 6.65. The molecule has 3 atom stereocenters. The van der Waals surface area contributed by atoms with E-state index < -0.39 is 0 Å². The van der Waals surface area contributed by atoms with Crippen LogP contribution in [0.3, 0.4) is 0 Å². The van der Waals surface area contributed by atoms with Gasteiger partial charge in [-0.05, 0) is 63.4 Å². The highest BCUT2D eigenvalue weighted by molar-refractivity contribution is 5.90.